The zero-order valence-electron chi connectivity index (χ0n) is 9.53. The van der Waals surface area contributed by atoms with E-state index in [9.17, 15) is 0 Å². The van der Waals surface area contributed by atoms with Gasteiger partial charge in [0.1, 0.15) is 16.2 Å². The average Bonchev–Trinajstić information content (AvgIpc) is 2.65. The Morgan fingerprint density at radius 2 is 1.94 bits per heavy atom. The third kappa shape index (κ3) is 1.26. The number of rotatable bonds is 1. The van der Waals surface area contributed by atoms with Crippen LogP contribution in [0.1, 0.15) is 12.6 Å². The van der Waals surface area contributed by atoms with E-state index in [1.54, 1.807) is 0 Å². The summed E-state index contributed by atoms with van der Waals surface area (Å²) in [6.07, 6.45) is 1.09. The highest BCUT2D eigenvalue weighted by atomic mass is 32.1. The first-order valence-corrected chi connectivity index (χ1v) is 6.38. The molecule has 0 unspecified atom stereocenters. The Bertz CT molecular complexity index is 667. The lowest BCUT2D eigenvalue weighted by molar-refractivity contribution is -0.607. The van der Waals surface area contributed by atoms with Gasteiger partial charge in [0.2, 0.25) is 5.69 Å². The Hall–Kier alpha value is -1.41. The summed E-state index contributed by atoms with van der Waals surface area (Å²) in [5.74, 6) is 0. The minimum atomic E-state index is 1.09. The first kappa shape index (κ1) is 9.79. The molecule has 0 saturated heterocycles. The minimum absolute atomic E-state index is 1.09. The molecule has 0 saturated carbocycles. The zero-order valence-corrected chi connectivity index (χ0v) is 10.3. The first-order chi connectivity index (χ1) is 7.81. The van der Waals surface area contributed by atoms with Crippen LogP contribution in [-0.4, -0.2) is 0 Å². The summed E-state index contributed by atoms with van der Waals surface area (Å²) in [7, 11) is 2.15. The fourth-order valence-electron chi connectivity index (χ4n) is 2.38. The van der Waals surface area contributed by atoms with Crippen LogP contribution < -0.4 is 3.96 Å². The summed E-state index contributed by atoms with van der Waals surface area (Å²) in [5.41, 5.74) is 1.44. The number of fused-ring (bicyclic) bond motifs is 3. The van der Waals surface area contributed by atoms with E-state index >= 15 is 0 Å². The molecule has 3 rings (SSSR count). The number of aromatic nitrogens is 1. The smallest absolute Gasteiger partial charge is 0.140 e. The molecule has 0 aliphatic heterocycles. The molecule has 0 radical (unpaired) electrons. The summed E-state index contributed by atoms with van der Waals surface area (Å²) in [4.78, 5) is 0. The maximum Gasteiger partial charge on any atom is 0.204 e. The monoisotopic (exact) mass is 228 g/mol. The second-order valence-corrected chi connectivity index (χ2v) is 5.22. The van der Waals surface area contributed by atoms with Crippen molar-refractivity contribution in [3.8, 4) is 0 Å². The Kier molecular flexibility index (Phi) is 2.18. The van der Waals surface area contributed by atoms with Crippen molar-refractivity contribution in [2.75, 3.05) is 0 Å². The summed E-state index contributed by atoms with van der Waals surface area (Å²) in [6.45, 7) is 2.23. The quantitative estimate of drug-likeness (QED) is 0.562. The lowest BCUT2D eigenvalue weighted by Crippen LogP contribution is -2.26. The number of nitrogens with zero attached hydrogens (tertiary/aromatic N) is 1. The van der Waals surface area contributed by atoms with Crippen LogP contribution in [0, 0.1) is 0 Å². The molecular formula is C14H14NS+. The van der Waals surface area contributed by atoms with E-state index in [4.69, 9.17) is 0 Å². The fourth-order valence-corrected chi connectivity index (χ4v) is 3.46. The maximum atomic E-state index is 2.29. The van der Waals surface area contributed by atoms with Gasteiger partial charge < -0.3 is 0 Å². The van der Waals surface area contributed by atoms with Gasteiger partial charge in [-0.3, -0.25) is 0 Å². The van der Waals surface area contributed by atoms with Gasteiger partial charge in [-0.2, -0.15) is 0 Å². The molecule has 0 spiro atoms. The predicted molar refractivity (Wildman–Crippen MR) is 69.9 cm³/mol. The largest absolute Gasteiger partial charge is 0.204 e. The van der Waals surface area contributed by atoms with E-state index in [2.05, 4.69) is 54.3 Å². The highest BCUT2D eigenvalue weighted by Gasteiger charge is 2.17. The molecule has 0 aliphatic rings. The standard InChI is InChI=1S/C14H14NS/c1-3-12-14-11-7-5-4-6-10(11)8-9-13(14)16-15(12)2/h4-9H,3H2,1-2H3/q+1. The normalized spacial score (nSPS) is 11.4. The molecule has 3 aromatic rings. The van der Waals surface area contributed by atoms with Crippen molar-refractivity contribution in [2.45, 2.75) is 13.3 Å². The van der Waals surface area contributed by atoms with Gasteiger partial charge in [-0.25, -0.2) is 0 Å². The van der Waals surface area contributed by atoms with E-state index in [1.165, 1.54) is 26.6 Å². The highest BCUT2D eigenvalue weighted by molar-refractivity contribution is 7.09. The van der Waals surface area contributed by atoms with Crippen molar-refractivity contribution in [2.24, 2.45) is 7.05 Å². The third-order valence-electron chi connectivity index (χ3n) is 3.13. The third-order valence-corrected chi connectivity index (χ3v) is 4.16. The van der Waals surface area contributed by atoms with Gasteiger partial charge in [0.05, 0.1) is 5.39 Å². The molecule has 2 aromatic carbocycles. The summed E-state index contributed by atoms with van der Waals surface area (Å²) in [5, 5.41) is 4.16. The lowest BCUT2D eigenvalue weighted by atomic mass is 10.0. The molecular weight excluding hydrogens is 214 g/mol. The molecule has 0 N–H and O–H groups in total. The average molecular weight is 228 g/mol. The number of benzene rings is 2. The van der Waals surface area contributed by atoms with Crippen molar-refractivity contribution in [1.82, 2.24) is 0 Å². The molecule has 80 valence electrons. The highest BCUT2D eigenvalue weighted by Crippen LogP contribution is 2.29. The van der Waals surface area contributed by atoms with Crippen molar-refractivity contribution in [3.63, 3.8) is 0 Å². The Labute approximate surface area is 99.1 Å². The first-order valence-electron chi connectivity index (χ1n) is 5.61. The van der Waals surface area contributed by atoms with E-state index in [0.29, 0.717) is 0 Å². The van der Waals surface area contributed by atoms with Gasteiger partial charge in [-0.15, -0.1) is 3.96 Å². The second-order valence-electron chi connectivity index (χ2n) is 4.05. The van der Waals surface area contributed by atoms with E-state index in [-0.39, 0.29) is 0 Å². The lowest BCUT2D eigenvalue weighted by Gasteiger charge is -1.97. The van der Waals surface area contributed by atoms with Crippen LogP contribution in [0.25, 0.3) is 20.9 Å². The molecule has 0 atom stereocenters. The van der Waals surface area contributed by atoms with Crippen LogP contribution in [0.2, 0.25) is 0 Å². The number of hydrogen-bond acceptors (Lipinski definition) is 1. The van der Waals surface area contributed by atoms with Gasteiger partial charge >= 0.3 is 0 Å². The van der Waals surface area contributed by atoms with Gasteiger partial charge in [0.15, 0.2) is 7.05 Å². The number of hydrogen-bond donors (Lipinski definition) is 0. The molecule has 1 aromatic heterocycles. The van der Waals surface area contributed by atoms with Crippen molar-refractivity contribution < 1.29 is 3.96 Å². The predicted octanol–water partition coefficient (Wildman–Crippen LogP) is 3.44. The zero-order chi connectivity index (χ0) is 11.1. The molecule has 1 heterocycles. The molecule has 0 bridgehead atoms. The van der Waals surface area contributed by atoms with Crippen molar-refractivity contribution in [3.05, 3.63) is 42.1 Å². The molecule has 0 amide bonds. The summed E-state index contributed by atoms with van der Waals surface area (Å²) in [6, 6.07) is 13.1. The van der Waals surface area contributed by atoms with Gasteiger partial charge in [-0.1, -0.05) is 37.3 Å². The Morgan fingerprint density at radius 1 is 1.12 bits per heavy atom. The van der Waals surface area contributed by atoms with E-state index in [0.717, 1.165) is 6.42 Å². The molecule has 0 aliphatic carbocycles. The molecule has 0 fully saturated rings. The van der Waals surface area contributed by atoms with Crippen LogP contribution >= 0.6 is 11.5 Å². The topological polar surface area (TPSA) is 3.88 Å². The fraction of sp³-hybridized carbons (Fsp3) is 0.214. The maximum absolute atomic E-state index is 2.29. The SMILES string of the molecule is CCc1c2c(ccc3ccccc32)s[n+]1C. The Balaban J connectivity index is 2.57. The van der Waals surface area contributed by atoms with Crippen LogP contribution in [0.15, 0.2) is 36.4 Å². The van der Waals surface area contributed by atoms with Gasteiger partial charge in [0, 0.05) is 6.42 Å². The van der Waals surface area contributed by atoms with E-state index in [1.807, 2.05) is 11.5 Å². The van der Waals surface area contributed by atoms with Gasteiger partial charge in [-0.05, 0) is 16.8 Å². The van der Waals surface area contributed by atoms with Gasteiger partial charge in [0.25, 0.3) is 0 Å². The van der Waals surface area contributed by atoms with Crippen LogP contribution in [0.3, 0.4) is 0 Å². The second kappa shape index (κ2) is 3.56. The number of aryl methyl sites for hydroxylation is 2. The van der Waals surface area contributed by atoms with Crippen LogP contribution in [-0.2, 0) is 13.5 Å². The minimum Gasteiger partial charge on any atom is -0.140 e. The summed E-state index contributed by atoms with van der Waals surface area (Å²) >= 11 is 1.83. The molecule has 16 heavy (non-hydrogen) atoms. The van der Waals surface area contributed by atoms with Crippen molar-refractivity contribution >= 4 is 32.4 Å². The van der Waals surface area contributed by atoms with Crippen LogP contribution in [0.5, 0.6) is 0 Å². The molecule has 2 heteroatoms. The van der Waals surface area contributed by atoms with Crippen molar-refractivity contribution in [1.29, 1.82) is 0 Å². The summed E-state index contributed by atoms with van der Waals surface area (Å²) < 4.78 is 3.68. The Morgan fingerprint density at radius 3 is 2.75 bits per heavy atom. The van der Waals surface area contributed by atoms with E-state index < -0.39 is 0 Å². The molecule has 1 nitrogen and oxygen atoms in total. The van der Waals surface area contributed by atoms with Crippen LogP contribution in [0.4, 0.5) is 0 Å².